The number of carbonyl (C=O) groups excluding carboxylic acids is 1. The third-order valence-corrected chi connectivity index (χ3v) is 4.28. The normalized spacial score (nSPS) is 21.0. The highest BCUT2D eigenvalue weighted by Gasteiger charge is 2.24. The van der Waals surface area contributed by atoms with Crippen LogP contribution < -0.4 is 10.6 Å². The van der Waals surface area contributed by atoms with E-state index >= 15 is 0 Å². The molecule has 21 heavy (non-hydrogen) atoms. The third kappa shape index (κ3) is 3.51. The van der Waals surface area contributed by atoms with E-state index < -0.39 is 4.92 Å². The fourth-order valence-electron chi connectivity index (χ4n) is 2.89. The summed E-state index contributed by atoms with van der Waals surface area (Å²) in [6.45, 7) is 2.92. The van der Waals surface area contributed by atoms with Crippen LogP contribution in [-0.4, -0.2) is 24.4 Å². The molecule has 2 unspecified atom stereocenters. The van der Waals surface area contributed by atoms with E-state index in [9.17, 15) is 14.9 Å². The lowest BCUT2D eigenvalue weighted by Gasteiger charge is -2.17. The standard InChI is InChI=1S/C15H21N3O3/c1-10-4-3-5-12(10)9-17-13-8-11(15(19)16-2)6-7-14(13)18(20)21/h6-8,10,12,17H,3-5,9H2,1-2H3,(H,16,19). The quantitative estimate of drug-likeness (QED) is 0.645. The van der Waals surface area contributed by atoms with Gasteiger partial charge < -0.3 is 10.6 Å². The van der Waals surface area contributed by atoms with Crippen molar-refractivity contribution in [3.8, 4) is 0 Å². The van der Waals surface area contributed by atoms with Crippen LogP contribution in [0.25, 0.3) is 0 Å². The average Bonchev–Trinajstić information content (AvgIpc) is 2.89. The van der Waals surface area contributed by atoms with Gasteiger partial charge in [-0.15, -0.1) is 0 Å². The van der Waals surface area contributed by atoms with Gasteiger partial charge in [-0.05, 0) is 30.4 Å². The zero-order valence-electron chi connectivity index (χ0n) is 12.4. The van der Waals surface area contributed by atoms with E-state index in [0.717, 1.165) is 6.42 Å². The van der Waals surface area contributed by atoms with Gasteiger partial charge in [0.2, 0.25) is 0 Å². The Balaban J connectivity index is 2.18. The molecule has 2 rings (SSSR count). The molecule has 0 aromatic heterocycles. The summed E-state index contributed by atoms with van der Waals surface area (Å²) in [5, 5.41) is 16.8. The Hall–Kier alpha value is -2.11. The highest BCUT2D eigenvalue weighted by atomic mass is 16.6. The number of hydrogen-bond acceptors (Lipinski definition) is 4. The SMILES string of the molecule is CNC(=O)c1ccc([N+](=O)[O-])c(NCC2CCCC2C)c1. The fourth-order valence-corrected chi connectivity index (χ4v) is 2.89. The number of nitro benzene ring substituents is 1. The Morgan fingerprint density at radius 3 is 2.76 bits per heavy atom. The highest BCUT2D eigenvalue weighted by Crippen LogP contribution is 2.32. The van der Waals surface area contributed by atoms with Gasteiger partial charge in [-0.3, -0.25) is 14.9 Å². The molecule has 1 amide bonds. The molecule has 0 spiro atoms. The van der Waals surface area contributed by atoms with Gasteiger partial charge in [0.15, 0.2) is 0 Å². The largest absolute Gasteiger partial charge is 0.379 e. The van der Waals surface area contributed by atoms with Crippen molar-refractivity contribution in [3.05, 3.63) is 33.9 Å². The van der Waals surface area contributed by atoms with Crippen LogP contribution >= 0.6 is 0 Å². The molecular weight excluding hydrogens is 270 g/mol. The monoisotopic (exact) mass is 291 g/mol. The fraction of sp³-hybridized carbons (Fsp3) is 0.533. The summed E-state index contributed by atoms with van der Waals surface area (Å²) in [5.41, 5.74) is 0.846. The van der Waals surface area contributed by atoms with Gasteiger partial charge in [0.05, 0.1) is 4.92 Å². The minimum absolute atomic E-state index is 0.00769. The van der Waals surface area contributed by atoms with Crippen LogP contribution in [0.15, 0.2) is 18.2 Å². The van der Waals surface area contributed by atoms with E-state index in [2.05, 4.69) is 17.6 Å². The molecule has 1 saturated carbocycles. The summed E-state index contributed by atoms with van der Waals surface area (Å²) in [5.74, 6) is 0.925. The van der Waals surface area contributed by atoms with E-state index in [4.69, 9.17) is 0 Å². The van der Waals surface area contributed by atoms with Crippen molar-refractivity contribution in [2.75, 3.05) is 18.9 Å². The first-order valence-electron chi connectivity index (χ1n) is 7.27. The lowest BCUT2D eigenvalue weighted by Crippen LogP contribution is -2.19. The number of hydrogen-bond donors (Lipinski definition) is 2. The number of nitro groups is 1. The van der Waals surface area contributed by atoms with Crippen LogP contribution in [0.1, 0.15) is 36.5 Å². The van der Waals surface area contributed by atoms with Gasteiger partial charge in [0, 0.05) is 25.2 Å². The van der Waals surface area contributed by atoms with Gasteiger partial charge in [0.25, 0.3) is 11.6 Å². The van der Waals surface area contributed by atoms with E-state index in [1.807, 2.05) is 0 Å². The second-order valence-electron chi connectivity index (χ2n) is 5.62. The van der Waals surface area contributed by atoms with Gasteiger partial charge in [-0.25, -0.2) is 0 Å². The number of amides is 1. The van der Waals surface area contributed by atoms with Crippen LogP contribution in [0.4, 0.5) is 11.4 Å². The van der Waals surface area contributed by atoms with Gasteiger partial charge in [-0.1, -0.05) is 19.8 Å². The van der Waals surface area contributed by atoms with Crippen molar-refractivity contribution in [2.24, 2.45) is 11.8 Å². The third-order valence-electron chi connectivity index (χ3n) is 4.28. The summed E-state index contributed by atoms with van der Waals surface area (Å²) < 4.78 is 0. The molecule has 0 bridgehead atoms. The first-order chi connectivity index (χ1) is 10.0. The van der Waals surface area contributed by atoms with Crippen LogP contribution in [0, 0.1) is 22.0 Å². The summed E-state index contributed by atoms with van der Waals surface area (Å²) in [4.78, 5) is 22.3. The number of nitrogens with one attached hydrogen (secondary N) is 2. The summed E-state index contributed by atoms with van der Waals surface area (Å²) in [6.07, 6.45) is 3.58. The number of anilines is 1. The lowest BCUT2D eigenvalue weighted by atomic mass is 9.98. The van der Waals surface area contributed by atoms with E-state index in [1.165, 1.54) is 32.0 Å². The van der Waals surface area contributed by atoms with Gasteiger partial charge in [0.1, 0.15) is 5.69 Å². The van der Waals surface area contributed by atoms with Crippen LogP contribution in [-0.2, 0) is 0 Å². The molecule has 1 fully saturated rings. The molecule has 6 heteroatoms. The predicted molar refractivity (Wildman–Crippen MR) is 81.5 cm³/mol. The predicted octanol–water partition coefficient (Wildman–Crippen LogP) is 2.80. The lowest BCUT2D eigenvalue weighted by molar-refractivity contribution is -0.384. The first-order valence-corrected chi connectivity index (χ1v) is 7.27. The second-order valence-corrected chi connectivity index (χ2v) is 5.62. The number of carbonyl (C=O) groups is 1. The Morgan fingerprint density at radius 2 is 2.19 bits per heavy atom. The summed E-state index contributed by atoms with van der Waals surface area (Å²) in [6, 6.07) is 4.40. The van der Waals surface area contributed by atoms with Gasteiger partial charge >= 0.3 is 0 Å². The molecule has 1 aliphatic carbocycles. The topological polar surface area (TPSA) is 84.3 Å². The zero-order chi connectivity index (χ0) is 15.4. The maximum Gasteiger partial charge on any atom is 0.292 e. The molecule has 0 saturated heterocycles. The summed E-state index contributed by atoms with van der Waals surface area (Å²) in [7, 11) is 1.54. The van der Waals surface area contributed by atoms with E-state index in [0.29, 0.717) is 29.6 Å². The van der Waals surface area contributed by atoms with Crippen molar-refractivity contribution < 1.29 is 9.72 Å². The molecule has 1 aliphatic rings. The molecule has 0 heterocycles. The maximum atomic E-state index is 11.7. The smallest absolute Gasteiger partial charge is 0.292 e. The first kappa shape index (κ1) is 15.3. The number of benzene rings is 1. The van der Waals surface area contributed by atoms with E-state index in [-0.39, 0.29) is 11.6 Å². The van der Waals surface area contributed by atoms with Crippen LogP contribution in [0.5, 0.6) is 0 Å². The number of rotatable bonds is 5. The Morgan fingerprint density at radius 1 is 1.43 bits per heavy atom. The van der Waals surface area contributed by atoms with E-state index in [1.54, 1.807) is 6.07 Å². The van der Waals surface area contributed by atoms with Crippen molar-refractivity contribution in [3.63, 3.8) is 0 Å². The van der Waals surface area contributed by atoms with Crippen molar-refractivity contribution >= 4 is 17.3 Å². The second kappa shape index (κ2) is 6.56. The van der Waals surface area contributed by atoms with Crippen molar-refractivity contribution in [2.45, 2.75) is 26.2 Å². The molecule has 2 atom stereocenters. The Labute approximate surface area is 124 Å². The summed E-state index contributed by atoms with van der Waals surface area (Å²) >= 11 is 0. The molecule has 2 N–H and O–H groups in total. The molecule has 114 valence electrons. The molecule has 0 aliphatic heterocycles. The maximum absolute atomic E-state index is 11.7. The molecular formula is C15H21N3O3. The minimum Gasteiger partial charge on any atom is -0.379 e. The molecule has 6 nitrogen and oxygen atoms in total. The van der Waals surface area contributed by atoms with Gasteiger partial charge in [-0.2, -0.15) is 0 Å². The number of nitrogens with zero attached hydrogens (tertiary/aromatic N) is 1. The zero-order valence-corrected chi connectivity index (χ0v) is 12.4. The van der Waals surface area contributed by atoms with Crippen molar-refractivity contribution in [1.29, 1.82) is 0 Å². The highest BCUT2D eigenvalue weighted by molar-refractivity contribution is 5.95. The molecule has 1 aromatic rings. The van der Waals surface area contributed by atoms with Crippen molar-refractivity contribution in [1.82, 2.24) is 5.32 Å². The Bertz CT molecular complexity index is 545. The molecule has 1 aromatic carbocycles. The molecule has 0 radical (unpaired) electrons. The minimum atomic E-state index is -0.423. The Kier molecular flexibility index (Phi) is 4.77. The van der Waals surface area contributed by atoms with Crippen LogP contribution in [0.2, 0.25) is 0 Å². The van der Waals surface area contributed by atoms with Crippen LogP contribution in [0.3, 0.4) is 0 Å². The average molecular weight is 291 g/mol.